The van der Waals surface area contributed by atoms with Gasteiger partial charge in [-0.2, -0.15) is 0 Å². The average molecular weight is 251 g/mol. The molecule has 2 rings (SSSR count). The summed E-state index contributed by atoms with van der Waals surface area (Å²) in [6.07, 6.45) is 3.74. The molecule has 0 spiro atoms. The first kappa shape index (κ1) is 13.1. The maximum Gasteiger partial charge on any atom is 0.371 e. The van der Waals surface area contributed by atoms with E-state index in [1.165, 1.54) is 19.3 Å². The molecule has 0 bridgehead atoms. The van der Waals surface area contributed by atoms with Crippen molar-refractivity contribution >= 4 is 5.97 Å². The summed E-state index contributed by atoms with van der Waals surface area (Å²) < 4.78 is 5.24. The smallest absolute Gasteiger partial charge is 0.371 e. The molecule has 1 N–H and O–H groups in total. The molecule has 0 amide bonds. The number of carbonyl (C=O) groups is 1. The van der Waals surface area contributed by atoms with Crippen LogP contribution in [0, 0.1) is 12.8 Å². The number of rotatable bonds is 3. The number of carboxylic acids is 1. The van der Waals surface area contributed by atoms with Crippen LogP contribution in [0.4, 0.5) is 0 Å². The van der Waals surface area contributed by atoms with Crippen LogP contribution in [0.2, 0.25) is 0 Å². The van der Waals surface area contributed by atoms with Crippen molar-refractivity contribution in [3.8, 4) is 0 Å². The zero-order valence-electron chi connectivity index (χ0n) is 11.1. The monoisotopic (exact) mass is 251 g/mol. The summed E-state index contributed by atoms with van der Waals surface area (Å²) in [5.41, 5.74) is 1.00. The first-order valence-corrected chi connectivity index (χ1v) is 6.61. The first-order valence-electron chi connectivity index (χ1n) is 6.61. The molecule has 1 aromatic heterocycles. The number of carboxylic acid groups (broad SMARTS) is 1. The molecule has 1 atom stereocenters. The summed E-state index contributed by atoms with van der Waals surface area (Å²) in [7, 11) is 0. The third-order valence-electron chi connectivity index (χ3n) is 3.73. The van der Waals surface area contributed by atoms with Crippen LogP contribution in [0.15, 0.2) is 10.5 Å². The third-order valence-corrected chi connectivity index (χ3v) is 3.73. The van der Waals surface area contributed by atoms with E-state index in [2.05, 4.69) is 11.8 Å². The van der Waals surface area contributed by atoms with Gasteiger partial charge in [0, 0.05) is 12.1 Å². The Hall–Kier alpha value is -1.29. The van der Waals surface area contributed by atoms with Gasteiger partial charge in [-0.25, -0.2) is 4.79 Å². The second-order valence-corrected chi connectivity index (χ2v) is 5.31. The highest BCUT2D eigenvalue weighted by Crippen LogP contribution is 2.21. The quantitative estimate of drug-likeness (QED) is 0.897. The molecule has 1 aromatic rings. The lowest BCUT2D eigenvalue weighted by Crippen LogP contribution is -2.24. The number of furan rings is 1. The molecule has 1 aliphatic heterocycles. The third kappa shape index (κ3) is 3.13. The molecule has 1 fully saturated rings. The van der Waals surface area contributed by atoms with Gasteiger partial charge in [-0.15, -0.1) is 0 Å². The molecule has 0 radical (unpaired) electrons. The van der Waals surface area contributed by atoms with Gasteiger partial charge in [0.1, 0.15) is 5.76 Å². The molecule has 1 aliphatic rings. The van der Waals surface area contributed by atoms with Gasteiger partial charge < -0.3 is 9.52 Å². The van der Waals surface area contributed by atoms with Crippen molar-refractivity contribution in [2.75, 3.05) is 13.1 Å². The lowest BCUT2D eigenvalue weighted by molar-refractivity contribution is 0.0661. The van der Waals surface area contributed by atoms with Crippen molar-refractivity contribution in [1.82, 2.24) is 4.90 Å². The Balaban J connectivity index is 2.02. The second kappa shape index (κ2) is 5.57. The van der Waals surface area contributed by atoms with E-state index in [-0.39, 0.29) is 5.76 Å². The lowest BCUT2D eigenvalue weighted by Gasteiger charge is -2.19. The Morgan fingerprint density at radius 2 is 2.28 bits per heavy atom. The maximum atomic E-state index is 10.8. The van der Waals surface area contributed by atoms with Crippen molar-refractivity contribution < 1.29 is 14.3 Å². The fourth-order valence-electron chi connectivity index (χ4n) is 2.50. The summed E-state index contributed by atoms with van der Waals surface area (Å²) in [5, 5.41) is 8.90. The molecule has 4 nitrogen and oxygen atoms in total. The number of hydrogen-bond acceptors (Lipinski definition) is 3. The van der Waals surface area contributed by atoms with Crippen LogP contribution >= 0.6 is 0 Å². The van der Waals surface area contributed by atoms with Gasteiger partial charge in [0.25, 0.3) is 0 Å². The summed E-state index contributed by atoms with van der Waals surface area (Å²) in [6.45, 7) is 7.12. The molecule has 0 saturated carbocycles. The summed E-state index contributed by atoms with van der Waals surface area (Å²) in [6, 6.07) is 1.66. The number of nitrogens with zero attached hydrogens (tertiary/aromatic N) is 1. The van der Waals surface area contributed by atoms with Gasteiger partial charge >= 0.3 is 5.97 Å². The number of hydrogen-bond donors (Lipinski definition) is 1. The average Bonchev–Trinajstić information content (AvgIpc) is 2.54. The zero-order valence-corrected chi connectivity index (χ0v) is 11.1. The van der Waals surface area contributed by atoms with Crippen molar-refractivity contribution in [1.29, 1.82) is 0 Å². The summed E-state index contributed by atoms with van der Waals surface area (Å²) in [4.78, 5) is 13.2. The Morgan fingerprint density at radius 1 is 1.50 bits per heavy atom. The minimum absolute atomic E-state index is 0.0469. The van der Waals surface area contributed by atoms with Crippen LogP contribution in [0.25, 0.3) is 0 Å². The molecule has 0 aliphatic carbocycles. The SMILES string of the molecule is Cc1oc(C(=O)O)cc1CN1CCCC(C)CC1. The number of aryl methyl sites for hydroxylation is 1. The molecule has 2 heterocycles. The lowest BCUT2D eigenvalue weighted by atomic mass is 10.0. The normalized spacial score (nSPS) is 21.8. The van der Waals surface area contributed by atoms with Gasteiger partial charge in [-0.1, -0.05) is 6.92 Å². The van der Waals surface area contributed by atoms with Crippen LogP contribution in [-0.2, 0) is 6.54 Å². The molecule has 1 unspecified atom stereocenters. The van der Waals surface area contributed by atoms with E-state index in [1.54, 1.807) is 6.07 Å². The van der Waals surface area contributed by atoms with Crippen molar-refractivity contribution in [2.24, 2.45) is 5.92 Å². The minimum atomic E-state index is -0.992. The molecule has 100 valence electrons. The Kier molecular flexibility index (Phi) is 4.07. The van der Waals surface area contributed by atoms with E-state index in [9.17, 15) is 4.79 Å². The highest BCUT2D eigenvalue weighted by atomic mass is 16.4. The fourth-order valence-corrected chi connectivity index (χ4v) is 2.50. The van der Waals surface area contributed by atoms with E-state index < -0.39 is 5.97 Å². The molecular formula is C14H21NO3. The number of likely N-dealkylation sites (tertiary alicyclic amines) is 1. The van der Waals surface area contributed by atoms with E-state index in [1.807, 2.05) is 6.92 Å². The minimum Gasteiger partial charge on any atom is -0.475 e. The van der Waals surface area contributed by atoms with E-state index >= 15 is 0 Å². The van der Waals surface area contributed by atoms with Gasteiger partial charge in [0.05, 0.1) is 0 Å². The van der Waals surface area contributed by atoms with Gasteiger partial charge in [0.15, 0.2) is 0 Å². The van der Waals surface area contributed by atoms with E-state index in [0.717, 1.165) is 36.9 Å². The zero-order chi connectivity index (χ0) is 13.1. The van der Waals surface area contributed by atoms with Crippen molar-refractivity contribution in [2.45, 2.75) is 39.7 Å². The molecule has 1 saturated heterocycles. The summed E-state index contributed by atoms with van der Waals surface area (Å²) in [5.74, 6) is 0.583. The van der Waals surface area contributed by atoms with Crippen LogP contribution in [0.1, 0.15) is 48.1 Å². The largest absolute Gasteiger partial charge is 0.475 e. The predicted molar refractivity (Wildman–Crippen MR) is 68.7 cm³/mol. The van der Waals surface area contributed by atoms with Gasteiger partial charge in [-0.05, 0) is 51.3 Å². The number of aromatic carboxylic acids is 1. The predicted octanol–water partition coefficient (Wildman–Crippen LogP) is 2.91. The molecule has 0 aromatic carbocycles. The van der Waals surface area contributed by atoms with E-state index in [0.29, 0.717) is 0 Å². The first-order chi connectivity index (χ1) is 8.56. The van der Waals surface area contributed by atoms with Crippen molar-refractivity contribution in [3.63, 3.8) is 0 Å². The Morgan fingerprint density at radius 3 is 2.94 bits per heavy atom. The standard InChI is InChI=1S/C14H21NO3/c1-10-4-3-6-15(7-5-10)9-12-8-13(14(16)17)18-11(12)2/h8,10H,3-7,9H2,1-2H3,(H,16,17). The fraction of sp³-hybridized carbons (Fsp3) is 0.643. The Labute approximate surface area is 108 Å². The van der Waals surface area contributed by atoms with Crippen molar-refractivity contribution in [3.05, 3.63) is 23.2 Å². The van der Waals surface area contributed by atoms with Gasteiger partial charge in [0.2, 0.25) is 5.76 Å². The maximum absolute atomic E-state index is 10.8. The van der Waals surface area contributed by atoms with Gasteiger partial charge in [-0.3, -0.25) is 4.90 Å². The summed E-state index contributed by atoms with van der Waals surface area (Å²) >= 11 is 0. The van der Waals surface area contributed by atoms with Crippen LogP contribution in [0.5, 0.6) is 0 Å². The van der Waals surface area contributed by atoms with Crippen LogP contribution in [0.3, 0.4) is 0 Å². The molecule has 18 heavy (non-hydrogen) atoms. The van der Waals surface area contributed by atoms with E-state index in [4.69, 9.17) is 9.52 Å². The highest BCUT2D eigenvalue weighted by molar-refractivity contribution is 5.84. The van der Waals surface area contributed by atoms with Crippen LogP contribution < -0.4 is 0 Å². The van der Waals surface area contributed by atoms with Crippen LogP contribution in [-0.4, -0.2) is 29.1 Å². The second-order valence-electron chi connectivity index (χ2n) is 5.31. The Bertz CT molecular complexity index is 425. The highest BCUT2D eigenvalue weighted by Gasteiger charge is 2.18. The molecule has 4 heteroatoms. The topological polar surface area (TPSA) is 53.7 Å². The molecular weight excluding hydrogens is 230 g/mol.